The quantitative estimate of drug-likeness (QED) is 0.259. The van der Waals surface area contributed by atoms with Gasteiger partial charge in [0.1, 0.15) is 0 Å². The topological polar surface area (TPSA) is 145 Å². The molecule has 0 atom stereocenters. The largest absolute Gasteiger partial charge is 0.450 e. The monoisotopic (exact) mass is 511 g/mol. The van der Waals surface area contributed by atoms with Crippen molar-refractivity contribution in [3.05, 3.63) is 0 Å². The summed E-state index contributed by atoms with van der Waals surface area (Å²) in [5.41, 5.74) is 0. The number of carbonyl (C=O) groups excluding carboxylic acids is 1. The molecule has 0 bridgehead atoms. The first kappa shape index (κ1) is 30.7. The average Bonchev–Trinajstić information content (AvgIpc) is 2.67. The summed E-state index contributed by atoms with van der Waals surface area (Å²) < 4.78 is 76.8. The summed E-state index contributed by atoms with van der Waals surface area (Å²) >= 11 is 0. The van der Waals surface area contributed by atoms with E-state index in [9.17, 15) is 18.5 Å². The molecule has 186 valence electrons. The van der Waals surface area contributed by atoms with Crippen molar-refractivity contribution < 1.29 is 50.4 Å². The van der Waals surface area contributed by atoms with Gasteiger partial charge in [0.15, 0.2) is 0 Å². The lowest BCUT2D eigenvalue weighted by molar-refractivity contribution is 0.131. The maximum Gasteiger partial charge on any atom is 0.409 e. The van der Waals surface area contributed by atoms with Crippen molar-refractivity contribution in [2.45, 2.75) is 53.2 Å². The summed E-state index contributed by atoms with van der Waals surface area (Å²) in [5, 5.41) is 2.16. The van der Waals surface area contributed by atoms with Gasteiger partial charge in [-0.05, 0) is 48.5 Å². The third-order valence-corrected chi connectivity index (χ3v) is 14.1. The van der Waals surface area contributed by atoms with Crippen molar-refractivity contribution in [2.24, 2.45) is 0 Å². The van der Waals surface area contributed by atoms with Gasteiger partial charge in [-0.1, -0.05) is 0 Å². The Hall–Kier alpha value is -0.280. The lowest BCUT2D eigenvalue weighted by atomic mass is 10.9. The van der Waals surface area contributed by atoms with Gasteiger partial charge in [-0.2, -0.15) is 0 Å². The van der Waals surface area contributed by atoms with Gasteiger partial charge in [-0.25, -0.2) is 4.79 Å². The maximum absolute atomic E-state index is 14.2. The number of ether oxygens (including phenoxy) is 1. The molecular weight excluding hydrogens is 475 g/mol. The lowest BCUT2D eigenvalue weighted by Crippen LogP contribution is -2.50. The lowest BCUT2D eigenvalue weighted by Gasteiger charge is -2.44. The zero-order chi connectivity index (χ0) is 24.2. The molecule has 15 heteroatoms. The fourth-order valence-corrected chi connectivity index (χ4v) is 12.3. The molecule has 0 spiro atoms. The minimum atomic E-state index is -4.84. The summed E-state index contributed by atoms with van der Waals surface area (Å²) in [6.07, 6.45) is -1.22. The fraction of sp³-hybridized carbons (Fsp3) is 0.938. The number of amides is 1. The molecule has 1 amide bonds. The number of nitrogens with one attached hydrogen (secondary N) is 1. The summed E-state index contributed by atoms with van der Waals surface area (Å²) in [6.45, 7) is 8.99. The first-order valence-corrected chi connectivity index (χ1v) is 14.8. The predicted molar refractivity (Wildman–Crippen MR) is 115 cm³/mol. The standard InChI is InChI=1S/C16H36NO11P3/c1-8-22-15(18)17-16(29(19,23-9-2)24-10-3,30(20,25-11-4)26-12-5)31(21,27-13-6)28-14-7/h8-14H2,1-7H3,(H,17,18). The SMILES string of the molecule is CCOC(=O)NC(P(=O)(OCC)OCC)(P(=O)(OCC)OCC)P(=O)(OCC)OCC. The van der Waals surface area contributed by atoms with E-state index in [0.29, 0.717) is 0 Å². The van der Waals surface area contributed by atoms with Crippen molar-refractivity contribution in [2.75, 3.05) is 46.2 Å². The maximum atomic E-state index is 14.2. The van der Waals surface area contributed by atoms with Crippen LogP contribution in [-0.4, -0.2) is 57.1 Å². The normalized spacial score (nSPS) is 13.3. The molecule has 0 aromatic carbocycles. The van der Waals surface area contributed by atoms with E-state index >= 15 is 0 Å². The highest BCUT2D eigenvalue weighted by molar-refractivity contribution is 7.90. The van der Waals surface area contributed by atoms with Crippen LogP contribution >= 0.6 is 22.8 Å². The van der Waals surface area contributed by atoms with Crippen LogP contribution in [0.25, 0.3) is 0 Å². The van der Waals surface area contributed by atoms with Crippen LogP contribution in [0.3, 0.4) is 0 Å². The molecule has 1 N–H and O–H groups in total. The molecule has 0 aromatic heterocycles. The van der Waals surface area contributed by atoms with Crippen LogP contribution < -0.4 is 5.32 Å². The van der Waals surface area contributed by atoms with Crippen molar-refractivity contribution in [1.82, 2.24) is 5.32 Å². The second kappa shape index (κ2) is 14.1. The Kier molecular flexibility index (Phi) is 14.0. The number of alkyl carbamates (subject to hydrolysis) is 1. The van der Waals surface area contributed by atoms with Crippen molar-refractivity contribution in [3.8, 4) is 0 Å². The Morgan fingerprint density at radius 2 is 0.839 bits per heavy atom. The number of carbonyl (C=O) groups is 1. The molecule has 12 nitrogen and oxygen atoms in total. The van der Waals surface area contributed by atoms with Gasteiger partial charge >= 0.3 is 33.6 Å². The Morgan fingerprint density at radius 3 is 1.03 bits per heavy atom. The van der Waals surface area contributed by atoms with Crippen LogP contribution in [0.4, 0.5) is 4.79 Å². The highest BCUT2D eigenvalue weighted by Crippen LogP contribution is 2.89. The minimum Gasteiger partial charge on any atom is -0.450 e. The Balaban J connectivity index is 7.57. The Bertz CT molecular complexity index is 584. The summed E-state index contributed by atoms with van der Waals surface area (Å²) in [6, 6.07) is 0. The molecule has 0 aliphatic rings. The fourth-order valence-electron chi connectivity index (χ4n) is 2.63. The van der Waals surface area contributed by atoms with Crippen molar-refractivity contribution in [1.29, 1.82) is 0 Å². The molecule has 0 rings (SSSR count). The third kappa shape index (κ3) is 6.62. The first-order chi connectivity index (χ1) is 14.6. The smallest absolute Gasteiger partial charge is 0.409 e. The summed E-state index contributed by atoms with van der Waals surface area (Å²) in [4.78, 5) is 12.6. The molecule has 0 saturated carbocycles. The molecule has 0 unspecified atom stereocenters. The molecular formula is C16H36NO11P3. The van der Waals surface area contributed by atoms with Crippen molar-refractivity contribution in [3.63, 3.8) is 0 Å². The number of hydrogen-bond donors (Lipinski definition) is 1. The second-order valence-corrected chi connectivity index (χ2v) is 13.1. The van der Waals surface area contributed by atoms with E-state index in [1.807, 2.05) is 0 Å². The van der Waals surface area contributed by atoms with Gasteiger partial charge < -0.3 is 31.9 Å². The van der Waals surface area contributed by atoms with Crippen LogP contribution in [0.5, 0.6) is 0 Å². The van der Waals surface area contributed by atoms with E-state index in [-0.39, 0.29) is 46.2 Å². The Morgan fingerprint density at radius 1 is 0.581 bits per heavy atom. The molecule has 0 saturated heterocycles. The molecule has 0 radical (unpaired) electrons. The predicted octanol–water partition coefficient (Wildman–Crippen LogP) is 5.14. The van der Waals surface area contributed by atoms with Gasteiger partial charge in [0.2, 0.25) is 0 Å². The molecule has 0 aliphatic carbocycles. The van der Waals surface area contributed by atoms with E-state index in [2.05, 4.69) is 5.32 Å². The Labute approximate surface area is 184 Å². The van der Waals surface area contributed by atoms with E-state index in [0.717, 1.165) is 0 Å². The molecule has 0 aliphatic heterocycles. The summed E-state index contributed by atoms with van der Waals surface area (Å²) in [5.74, 6) is 0. The zero-order valence-electron chi connectivity index (χ0n) is 19.3. The third-order valence-electron chi connectivity index (χ3n) is 3.49. The highest BCUT2D eigenvalue weighted by atomic mass is 31.3. The van der Waals surface area contributed by atoms with E-state index in [1.165, 1.54) is 48.5 Å². The van der Waals surface area contributed by atoms with Crippen LogP contribution in [0.1, 0.15) is 48.5 Å². The van der Waals surface area contributed by atoms with E-state index < -0.39 is 33.6 Å². The molecule has 0 heterocycles. The van der Waals surface area contributed by atoms with Crippen LogP contribution in [0.2, 0.25) is 0 Å². The van der Waals surface area contributed by atoms with Crippen LogP contribution in [0.15, 0.2) is 0 Å². The van der Waals surface area contributed by atoms with Gasteiger partial charge in [-0.3, -0.25) is 19.0 Å². The van der Waals surface area contributed by atoms with Crippen molar-refractivity contribution >= 4 is 28.9 Å². The minimum absolute atomic E-state index is 0.101. The molecule has 0 fully saturated rings. The van der Waals surface area contributed by atoms with Crippen LogP contribution in [-0.2, 0) is 45.6 Å². The summed E-state index contributed by atoms with van der Waals surface area (Å²) in [7, 11) is -14.5. The average molecular weight is 511 g/mol. The highest BCUT2D eigenvalue weighted by Gasteiger charge is 2.79. The van der Waals surface area contributed by atoms with E-state index in [1.54, 1.807) is 0 Å². The molecule has 31 heavy (non-hydrogen) atoms. The van der Waals surface area contributed by atoms with Crippen LogP contribution in [0, 0.1) is 0 Å². The number of rotatable bonds is 17. The van der Waals surface area contributed by atoms with Gasteiger partial charge in [0.05, 0.1) is 46.2 Å². The molecule has 0 aromatic rings. The second-order valence-electron chi connectivity index (χ2n) is 5.48. The zero-order valence-corrected chi connectivity index (χ0v) is 22.0. The van der Waals surface area contributed by atoms with E-state index in [4.69, 9.17) is 31.9 Å². The van der Waals surface area contributed by atoms with Gasteiger partial charge in [-0.15, -0.1) is 0 Å². The van der Waals surface area contributed by atoms with Gasteiger partial charge in [0, 0.05) is 0 Å². The number of hydrogen-bond acceptors (Lipinski definition) is 11. The van der Waals surface area contributed by atoms with Gasteiger partial charge in [0.25, 0.3) is 0 Å². The first-order valence-electron chi connectivity index (χ1n) is 10.2.